The number of fused-ring (bicyclic) bond motifs is 3. The smallest absolute Gasteiger partial charge is 0.412 e. The van der Waals surface area contributed by atoms with Crippen molar-refractivity contribution in [1.29, 1.82) is 0 Å². The van der Waals surface area contributed by atoms with Crippen LogP contribution in [0.1, 0.15) is 45.2 Å². The number of sulfonamides is 1. The van der Waals surface area contributed by atoms with Gasteiger partial charge >= 0.3 is 6.09 Å². The van der Waals surface area contributed by atoms with E-state index in [0.29, 0.717) is 31.1 Å². The fraction of sp³-hybridized carbons (Fsp3) is 0.475. The van der Waals surface area contributed by atoms with Gasteiger partial charge in [-0.3, -0.25) is 4.90 Å². The Bertz CT molecular complexity index is 2090. The number of hydrogen-bond acceptors (Lipinski definition) is 11. The number of nitrogens with zero attached hydrogens (tertiary/aromatic N) is 2. The summed E-state index contributed by atoms with van der Waals surface area (Å²) in [6, 6.07) is 20.2. The second kappa shape index (κ2) is 15.0. The van der Waals surface area contributed by atoms with Gasteiger partial charge in [-0.15, -0.1) is 11.3 Å². The summed E-state index contributed by atoms with van der Waals surface area (Å²) in [5.41, 5.74) is 0.947. The second-order valence-electron chi connectivity index (χ2n) is 15.1. The highest BCUT2D eigenvalue weighted by molar-refractivity contribution is 7.89. The first-order valence-corrected chi connectivity index (χ1v) is 20.8. The van der Waals surface area contributed by atoms with Gasteiger partial charge in [0.05, 0.1) is 36.2 Å². The van der Waals surface area contributed by atoms with E-state index in [1.54, 1.807) is 22.3 Å². The highest BCUT2D eigenvalue weighted by atomic mass is 32.2. The number of rotatable bonds is 12. The Morgan fingerprint density at radius 2 is 1.83 bits per heavy atom. The van der Waals surface area contributed by atoms with E-state index >= 15 is 0 Å². The number of thiophene rings is 1. The van der Waals surface area contributed by atoms with Gasteiger partial charge in [0.25, 0.3) is 0 Å². The average molecular weight is 779 g/mol. The summed E-state index contributed by atoms with van der Waals surface area (Å²) < 4.78 is 72.7. The predicted molar refractivity (Wildman–Crippen MR) is 201 cm³/mol. The molecule has 0 radical (unpaired) electrons. The summed E-state index contributed by atoms with van der Waals surface area (Å²) in [7, 11) is -4.01. The summed E-state index contributed by atoms with van der Waals surface area (Å²) in [6.07, 6.45) is -0.937. The predicted octanol–water partition coefficient (Wildman–Crippen LogP) is 6.80. The molecule has 1 aromatic heterocycles. The first kappa shape index (κ1) is 37.0. The zero-order valence-corrected chi connectivity index (χ0v) is 32.5. The van der Waals surface area contributed by atoms with Crippen LogP contribution in [0.3, 0.4) is 0 Å². The molecule has 1 unspecified atom stereocenters. The molecule has 0 N–H and O–H groups in total. The number of carbonyl (C=O) groups excluding carboxylic acids is 1. The zero-order chi connectivity index (χ0) is 37.6. The topological polar surface area (TPSA) is 122 Å². The molecule has 3 fully saturated rings. The molecule has 8 rings (SSSR count). The van der Waals surface area contributed by atoms with Gasteiger partial charge in [-0.1, -0.05) is 44.2 Å². The molecule has 14 heteroatoms. The van der Waals surface area contributed by atoms with Crippen LogP contribution in [0.25, 0.3) is 10.1 Å². The number of carbonyl (C=O) groups is 1. The van der Waals surface area contributed by atoms with E-state index in [0.717, 1.165) is 23.3 Å². The Morgan fingerprint density at radius 3 is 2.65 bits per heavy atom. The van der Waals surface area contributed by atoms with Crippen molar-refractivity contribution in [3.63, 3.8) is 0 Å². The molecule has 54 heavy (non-hydrogen) atoms. The third kappa shape index (κ3) is 7.39. The molecule has 0 bridgehead atoms. The zero-order valence-electron chi connectivity index (χ0n) is 30.8. The van der Waals surface area contributed by atoms with Crippen LogP contribution in [-0.2, 0) is 42.0 Å². The van der Waals surface area contributed by atoms with Crippen LogP contribution in [-0.4, -0.2) is 87.1 Å². The lowest BCUT2D eigenvalue weighted by Gasteiger charge is -2.34. The second-order valence-corrected chi connectivity index (χ2v) is 18.0. The van der Waals surface area contributed by atoms with Gasteiger partial charge < -0.3 is 33.2 Å². The number of amides is 1. The highest BCUT2D eigenvalue weighted by Gasteiger charge is 2.53. The average Bonchev–Trinajstić information content (AvgIpc) is 3.98. The Morgan fingerprint density at radius 1 is 1.04 bits per heavy atom. The van der Waals surface area contributed by atoms with Gasteiger partial charge in [0, 0.05) is 29.4 Å². The van der Waals surface area contributed by atoms with Crippen molar-refractivity contribution in [3.8, 4) is 17.2 Å². The lowest BCUT2D eigenvalue weighted by atomic mass is 9.99. The highest BCUT2D eigenvalue weighted by Crippen LogP contribution is 2.40. The molecule has 3 saturated heterocycles. The Hall–Kier alpha value is -3.92. The van der Waals surface area contributed by atoms with Crippen LogP contribution in [0.2, 0.25) is 0 Å². The molecule has 1 amide bonds. The van der Waals surface area contributed by atoms with E-state index in [9.17, 15) is 13.2 Å². The van der Waals surface area contributed by atoms with E-state index in [4.69, 9.17) is 33.2 Å². The molecule has 5 heterocycles. The van der Waals surface area contributed by atoms with Crippen LogP contribution in [0.4, 0.5) is 4.79 Å². The van der Waals surface area contributed by atoms with E-state index in [1.165, 1.54) is 26.5 Å². The third-order valence-electron chi connectivity index (χ3n) is 10.5. The lowest BCUT2D eigenvalue weighted by molar-refractivity contribution is -0.0911. The van der Waals surface area contributed by atoms with E-state index in [2.05, 4.69) is 17.5 Å². The van der Waals surface area contributed by atoms with Crippen LogP contribution in [0, 0.1) is 11.8 Å². The standard InChI is InChI=1S/C40H46N2O10S2/c1-25(2)19-41(54(44,45)29-13-14-33-34(18-29)50-24-49-33)20-35-32(42(40(3,4)52-35)39(43)51-36-22-48-38-31(36)15-16-46-38)17-26-9-11-28(12-10-26)47-21-27-23-53-37-8-6-5-7-30(27)37/h5-14,18,23,25,31-32,35-36,38H,15-17,19-22,24H2,1-4H3/t31-,32-,35+,36?,38+/m0/s1. The van der Waals surface area contributed by atoms with E-state index < -0.39 is 40.1 Å². The van der Waals surface area contributed by atoms with Crippen LogP contribution >= 0.6 is 11.3 Å². The van der Waals surface area contributed by atoms with Crippen molar-refractivity contribution in [2.24, 2.45) is 11.8 Å². The van der Waals surface area contributed by atoms with Gasteiger partial charge in [-0.05, 0) is 79.3 Å². The van der Waals surface area contributed by atoms with Crippen molar-refractivity contribution in [3.05, 3.63) is 83.2 Å². The largest absolute Gasteiger partial charge is 0.489 e. The van der Waals surface area contributed by atoms with Crippen molar-refractivity contribution in [2.45, 2.75) is 82.3 Å². The number of ether oxygens (including phenoxy) is 7. The van der Waals surface area contributed by atoms with Crippen molar-refractivity contribution in [2.75, 3.05) is 33.1 Å². The number of hydrogen-bond donors (Lipinski definition) is 0. The Labute approximate surface area is 319 Å². The minimum absolute atomic E-state index is 0.00581. The maximum Gasteiger partial charge on any atom is 0.412 e. The molecule has 12 nitrogen and oxygen atoms in total. The minimum Gasteiger partial charge on any atom is -0.489 e. The quantitative estimate of drug-likeness (QED) is 0.152. The summed E-state index contributed by atoms with van der Waals surface area (Å²) in [5, 5.41) is 3.31. The summed E-state index contributed by atoms with van der Waals surface area (Å²) in [6.45, 7) is 9.10. The molecule has 288 valence electrons. The fourth-order valence-corrected chi connectivity index (χ4v) is 10.5. The van der Waals surface area contributed by atoms with Gasteiger partial charge in [0.2, 0.25) is 16.8 Å². The summed E-state index contributed by atoms with van der Waals surface area (Å²) >= 11 is 1.70. The first-order chi connectivity index (χ1) is 26.0. The van der Waals surface area contributed by atoms with Crippen LogP contribution < -0.4 is 14.2 Å². The molecule has 4 aromatic rings. The van der Waals surface area contributed by atoms with Crippen LogP contribution in [0.15, 0.2) is 77.0 Å². The molecule has 0 spiro atoms. The fourth-order valence-electron chi connectivity index (χ4n) is 7.88. The first-order valence-electron chi connectivity index (χ1n) is 18.4. The van der Waals surface area contributed by atoms with Gasteiger partial charge in [0.1, 0.15) is 24.2 Å². The molecule has 0 saturated carbocycles. The number of benzene rings is 3. The normalized spacial score (nSPS) is 24.5. The molecule has 4 aliphatic heterocycles. The maximum absolute atomic E-state index is 14.3. The Balaban J connectivity index is 1.05. The lowest BCUT2D eigenvalue weighted by Crippen LogP contribution is -2.51. The van der Waals surface area contributed by atoms with Crippen molar-refractivity contribution < 1.29 is 46.4 Å². The minimum atomic E-state index is -4.01. The van der Waals surface area contributed by atoms with Gasteiger partial charge in [0.15, 0.2) is 17.8 Å². The molecule has 3 aromatic carbocycles. The SMILES string of the molecule is CC(C)CN(C[C@H]1OC(C)(C)N(C(=O)OC2CO[C@H]3OCC[C@@H]23)[C@H]1Cc1ccc(OCc2csc3ccccc23)cc1)S(=O)(=O)c1ccc2c(c1)OCO2. The molecule has 5 atom stereocenters. The third-order valence-corrected chi connectivity index (χ3v) is 13.3. The molecule has 4 aliphatic rings. The van der Waals surface area contributed by atoms with E-state index in [1.807, 2.05) is 64.1 Å². The molecular weight excluding hydrogens is 733 g/mol. The van der Waals surface area contributed by atoms with Gasteiger partial charge in [-0.25, -0.2) is 13.2 Å². The van der Waals surface area contributed by atoms with Crippen molar-refractivity contribution in [1.82, 2.24) is 9.21 Å². The summed E-state index contributed by atoms with van der Waals surface area (Å²) in [5.74, 6) is 1.57. The van der Waals surface area contributed by atoms with Gasteiger partial charge in [-0.2, -0.15) is 4.31 Å². The monoisotopic (exact) mass is 778 g/mol. The van der Waals surface area contributed by atoms with E-state index in [-0.39, 0.29) is 49.5 Å². The maximum atomic E-state index is 14.3. The molecule has 0 aliphatic carbocycles. The Kier molecular flexibility index (Phi) is 10.3. The van der Waals surface area contributed by atoms with Crippen molar-refractivity contribution >= 4 is 37.5 Å². The van der Waals surface area contributed by atoms with Crippen LogP contribution in [0.5, 0.6) is 17.2 Å². The summed E-state index contributed by atoms with van der Waals surface area (Å²) in [4.78, 5) is 16.0. The molecular formula is C40H46N2O10S2.